The lowest BCUT2D eigenvalue weighted by molar-refractivity contribution is -0.135. The van der Waals surface area contributed by atoms with E-state index >= 15 is 0 Å². The van der Waals surface area contributed by atoms with Crippen LogP contribution in [0.5, 0.6) is 23.0 Å². The minimum absolute atomic E-state index is 0.181. The smallest absolute Gasteiger partial charge is 0.157 e. The summed E-state index contributed by atoms with van der Waals surface area (Å²) in [4.78, 5) is 13.0. The Kier molecular flexibility index (Phi) is 4.00. The van der Waals surface area contributed by atoms with Crippen molar-refractivity contribution in [1.82, 2.24) is 5.32 Å². The van der Waals surface area contributed by atoms with E-state index in [9.17, 15) is 25.2 Å². The SMILES string of the molecule is O=C1[C@H]2CCC[C@@H]1[C@H](c1ccc(O)c(O)c1)N[C@@H]2c1ccc(O)c(O)c1. The van der Waals surface area contributed by atoms with Gasteiger partial charge in [-0.25, -0.2) is 0 Å². The first kappa shape index (κ1) is 16.7. The van der Waals surface area contributed by atoms with Crippen molar-refractivity contribution in [1.29, 1.82) is 0 Å². The molecule has 0 radical (unpaired) electrons. The molecule has 1 saturated heterocycles. The van der Waals surface area contributed by atoms with Gasteiger partial charge in [-0.1, -0.05) is 18.6 Å². The number of benzene rings is 2. The third kappa shape index (κ3) is 2.66. The molecule has 2 aromatic rings. The summed E-state index contributed by atoms with van der Waals surface area (Å²) in [6.07, 6.45) is 2.49. The number of hydrogen-bond acceptors (Lipinski definition) is 6. The zero-order chi connectivity index (χ0) is 18.4. The molecule has 1 aliphatic carbocycles. The molecule has 2 fully saturated rings. The van der Waals surface area contributed by atoms with E-state index in [1.54, 1.807) is 12.1 Å². The Labute approximate surface area is 150 Å². The minimum atomic E-state index is -0.286. The third-order valence-electron chi connectivity index (χ3n) is 5.64. The summed E-state index contributed by atoms with van der Waals surface area (Å²) >= 11 is 0. The highest BCUT2D eigenvalue weighted by Gasteiger charge is 2.46. The van der Waals surface area contributed by atoms with Gasteiger partial charge in [0.15, 0.2) is 23.0 Å². The number of carbonyl (C=O) groups is 1. The van der Waals surface area contributed by atoms with Gasteiger partial charge in [0.2, 0.25) is 0 Å². The largest absolute Gasteiger partial charge is 0.504 e. The molecule has 0 unspecified atom stereocenters. The topological polar surface area (TPSA) is 110 Å². The highest BCUT2D eigenvalue weighted by atomic mass is 16.3. The predicted molar refractivity (Wildman–Crippen MR) is 94.0 cm³/mol. The van der Waals surface area contributed by atoms with Crippen LogP contribution in [0.3, 0.4) is 0 Å². The lowest BCUT2D eigenvalue weighted by Crippen LogP contribution is -2.50. The third-order valence-corrected chi connectivity index (χ3v) is 5.64. The van der Waals surface area contributed by atoms with Gasteiger partial charge in [0, 0.05) is 23.9 Å². The van der Waals surface area contributed by atoms with E-state index in [-0.39, 0.29) is 52.7 Å². The number of ketones is 1. The van der Waals surface area contributed by atoms with Crippen molar-refractivity contribution in [2.45, 2.75) is 31.3 Å². The van der Waals surface area contributed by atoms with Crippen molar-refractivity contribution in [2.75, 3.05) is 0 Å². The normalized spacial score (nSPS) is 28.1. The van der Waals surface area contributed by atoms with Crippen LogP contribution in [-0.2, 0) is 4.79 Å². The van der Waals surface area contributed by atoms with E-state index in [1.165, 1.54) is 24.3 Å². The zero-order valence-corrected chi connectivity index (χ0v) is 14.1. The van der Waals surface area contributed by atoms with Gasteiger partial charge in [-0.15, -0.1) is 0 Å². The maximum atomic E-state index is 13.0. The molecule has 6 heteroatoms. The van der Waals surface area contributed by atoms with Crippen molar-refractivity contribution in [3.63, 3.8) is 0 Å². The molecule has 2 aliphatic rings. The van der Waals surface area contributed by atoms with Gasteiger partial charge in [0.25, 0.3) is 0 Å². The van der Waals surface area contributed by atoms with Crippen LogP contribution in [0.1, 0.15) is 42.5 Å². The number of hydrogen-bond donors (Lipinski definition) is 5. The molecule has 1 heterocycles. The van der Waals surface area contributed by atoms with Crippen LogP contribution in [0.4, 0.5) is 0 Å². The summed E-state index contributed by atoms with van der Waals surface area (Å²) in [6.45, 7) is 0. The Morgan fingerprint density at radius 3 is 1.62 bits per heavy atom. The molecule has 0 amide bonds. The summed E-state index contributed by atoms with van der Waals surface area (Å²) in [5.74, 6) is -0.999. The van der Waals surface area contributed by atoms with Crippen molar-refractivity contribution in [2.24, 2.45) is 11.8 Å². The molecule has 1 saturated carbocycles. The number of piperidine rings is 1. The molecule has 5 N–H and O–H groups in total. The van der Waals surface area contributed by atoms with Crippen molar-refractivity contribution in [3.05, 3.63) is 47.5 Å². The van der Waals surface area contributed by atoms with E-state index in [2.05, 4.69) is 5.32 Å². The summed E-state index contributed by atoms with van der Waals surface area (Å²) in [5, 5.41) is 42.3. The highest BCUT2D eigenvalue weighted by Crippen LogP contribution is 2.47. The molecule has 1 aliphatic heterocycles. The molecule has 4 atom stereocenters. The monoisotopic (exact) mass is 355 g/mol. The lowest BCUT2D eigenvalue weighted by atomic mass is 9.67. The first-order valence-corrected chi connectivity index (χ1v) is 8.79. The van der Waals surface area contributed by atoms with Gasteiger partial charge in [0.05, 0.1) is 0 Å². The Morgan fingerprint density at radius 1 is 0.731 bits per heavy atom. The maximum Gasteiger partial charge on any atom is 0.157 e. The van der Waals surface area contributed by atoms with Gasteiger partial charge in [-0.2, -0.15) is 0 Å². The van der Waals surface area contributed by atoms with E-state index < -0.39 is 0 Å². The highest BCUT2D eigenvalue weighted by molar-refractivity contribution is 5.87. The Bertz CT molecular complexity index is 798. The van der Waals surface area contributed by atoms with E-state index in [4.69, 9.17) is 0 Å². The number of phenols is 4. The predicted octanol–water partition coefficient (Wildman–Crippen LogP) is 2.88. The van der Waals surface area contributed by atoms with Crippen molar-refractivity contribution >= 4 is 5.78 Å². The molecule has 0 spiro atoms. The summed E-state index contributed by atoms with van der Waals surface area (Å²) in [5.41, 5.74) is 1.49. The minimum Gasteiger partial charge on any atom is -0.504 e. The van der Waals surface area contributed by atoms with Crippen LogP contribution in [0.15, 0.2) is 36.4 Å². The molecule has 2 aromatic carbocycles. The first-order valence-electron chi connectivity index (χ1n) is 8.79. The maximum absolute atomic E-state index is 13.0. The average Bonchev–Trinajstić information content (AvgIpc) is 2.60. The lowest BCUT2D eigenvalue weighted by Gasteiger charge is -2.45. The van der Waals surface area contributed by atoms with E-state index in [0.29, 0.717) is 0 Å². The number of nitrogens with one attached hydrogen (secondary N) is 1. The van der Waals surface area contributed by atoms with E-state index in [1.807, 2.05) is 0 Å². The standard InChI is InChI=1S/C20H21NO5/c22-14-6-4-10(8-16(14)24)18-12-2-1-3-13(20(12)26)19(21-18)11-5-7-15(23)17(25)9-11/h4-9,12-13,18-19,21-25H,1-3H2/t12-,13+,18+,19-. The molecule has 136 valence electrons. The van der Waals surface area contributed by atoms with Crippen LogP contribution in [0.2, 0.25) is 0 Å². The number of fused-ring (bicyclic) bond motifs is 2. The van der Waals surface area contributed by atoms with Crippen LogP contribution < -0.4 is 5.32 Å². The summed E-state index contributed by atoms with van der Waals surface area (Å²) in [7, 11) is 0. The molecule has 26 heavy (non-hydrogen) atoms. The van der Waals surface area contributed by atoms with Crippen molar-refractivity contribution < 1.29 is 25.2 Å². The molecule has 2 bridgehead atoms. The van der Waals surface area contributed by atoms with Gasteiger partial charge in [0.1, 0.15) is 5.78 Å². The molecule has 4 rings (SSSR count). The van der Waals surface area contributed by atoms with Crippen LogP contribution in [-0.4, -0.2) is 26.2 Å². The number of aromatic hydroxyl groups is 4. The van der Waals surface area contributed by atoms with Crippen LogP contribution >= 0.6 is 0 Å². The second-order valence-corrected chi connectivity index (χ2v) is 7.16. The number of phenolic OH excluding ortho intramolecular Hbond substituents is 4. The Hall–Kier alpha value is -2.73. The fraction of sp³-hybridized carbons (Fsp3) is 0.350. The van der Waals surface area contributed by atoms with Crippen LogP contribution in [0.25, 0.3) is 0 Å². The quantitative estimate of drug-likeness (QED) is 0.530. The number of rotatable bonds is 2. The summed E-state index contributed by atoms with van der Waals surface area (Å²) in [6, 6.07) is 8.67. The molecule has 0 aromatic heterocycles. The van der Waals surface area contributed by atoms with Crippen LogP contribution in [0, 0.1) is 11.8 Å². The van der Waals surface area contributed by atoms with Gasteiger partial charge in [-0.3, -0.25) is 4.79 Å². The van der Waals surface area contributed by atoms with E-state index in [0.717, 1.165) is 30.4 Å². The number of Topliss-reactive ketones (excluding diaryl/α,β-unsaturated/α-hetero) is 1. The second-order valence-electron chi connectivity index (χ2n) is 7.16. The molecular weight excluding hydrogens is 334 g/mol. The molecular formula is C20H21NO5. The van der Waals surface area contributed by atoms with Gasteiger partial charge < -0.3 is 25.7 Å². The van der Waals surface area contributed by atoms with Gasteiger partial charge in [-0.05, 0) is 48.2 Å². The number of carbonyl (C=O) groups excluding carboxylic acids is 1. The summed E-state index contributed by atoms with van der Waals surface area (Å²) < 4.78 is 0. The molecule has 6 nitrogen and oxygen atoms in total. The fourth-order valence-corrected chi connectivity index (χ4v) is 4.33. The zero-order valence-electron chi connectivity index (χ0n) is 14.1. The van der Waals surface area contributed by atoms with Gasteiger partial charge >= 0.3 is 0 Å². The Balaban J connectivity index is 1.74. The second kappa shape index (κ2) is 6.21. The first-order chi connectivity index (χ1) is 12.5. The van der Waals surface area contributed by atoms with Crippen molar-refractivity contribution in [3.8, 4) is 23.0 Å². The average molecular weight is 355 g/mol. The fourth-order valence-electron chi connectivity index (χ4n) is 4.33. The Morgan fingerprint density at radius 2 is 1.19 bits per heavy atom.